The molecule has 0 radical (unpaired) electrons. The molecule has 3 N–H and O–H groups in total. The Hall–Kier alpha value is -3.93. The molecule has 1 aliphatic rings. The largest absolute Gasteiger partial charge is 0.399 e. The van der Waals surface area contributed by atoms with Gasteiger partial charge in [-0.25, -0.2) is 0 Å². The predicted molar refractivity (Wildman–Crippen MR) is 142 cm³/mol. The summed E-state index contributed by atoms with van der Waals surface area (Å²) in [6, 6.07) is 19.6. The molecular formula is C28H33N5O. The van der Waals surface area contributed by atoms with Gasteiger partial charge >= 0.3 is 0 Å². The molecule has 3 aromatic rings. The highest BCUT2D eigenvalue weighted by Crippen LogP contribution is 2.25. The van der Waals surface area contributed by atoms with Crippen LogP contribution in [-0.2, 0) is 17.6 Å². The number of anilines is 3. The molecule has 1 amide bonds. The van der Waals surface area contributed by atoms with Gasteiger partial charge < -0.3 is 11.1 Å². The minimum atomic E-state index is -0.115. The third kappa shape index (κ3) is 6.10. The fourth-order valence-corrected chi connectivity index (χ4v) is 3.66. The number of nitrogen functional groups attached to an aromatic ring is 1. The number of hydrogen-bond donors (Lipinski definition) is 2. The van der Waals surface area contributed by atoms with Gasteiger partial charge in [0, 0.05) is 30.0 Å². The van der Waals surface area contributed by atoms with Gasteiger partial charge in [-0.2, -0.15) is 10.1 Å². The number of nitrogens with two attached hydrogens (primary N) is 1. The molecule has 0 atom stereocenters. The molecule has 6 heteroatoms. The maximum Gasteiger partial charge on any atom is 0.282 e. The fraction of sp³-hybridized carbons (Fsp3) is 0.250. The van der Waals surface area contributed by atoms with Crippen LogP contribution in [0.25, 0.3) is 0 Å². The predicted octanol–water partition coefficient (Wildman–Crippen LogP) is 5.97. The number of rotatable bonds is 7. The van der Waals surface area contributed by atoms with Gasteiger partial charge in [0.05, 0.1) is 17.0 Å². The second-order valence-corrected chi connectivity index (χ2v) is 7.88. The van der Waals surface area contributed by atoms with Crippen LogP contribution in [0.4, 0.5) is 17.1 Å². The lowest BCUT2D eigenvalue weighted by Crippen LogP contribution is -2.22. The van der Waals surface area contributed by atoms with Gasteiger partial charge in [0.1, 0.15) is 0 Å². The highest BCUT2D eigenvalue weighted by molar-refractivity contribution is 6.30. The highest BCUT2D eigenvalue weighted by Gasteiger charge is 2.30. The van der Waals surface area contributed by atoms with Crippen LogP contribution in [0.1, 0.15) is 44.7 Å². The van der Waals surface area contributed by atoms with Crippen LogP contribution in [0.3, 0.4) is 0 Å². The molecule has 2 aromatic carbocycles. The zero-order chi connectivity index (χ0) is 24.3. The molecule has 1 aromatic heterocycles. The summed E-state index contributed by atoms with van der Waals surface area (Å²) >= 11 is 0. The molecule has 0 aliphatic carbocycles. The summed E-state index contributed by atoms with van der Waals surface area (Å²) in [7, 11) is 0. The first-order valence-corrected chi connectivity index (χ1v) is 11.8. The topological polar surface area (TPSA) is 83.6 Å². The van der Waals surface area contributed by atoms with Crippen LogP contribution in [0.2, 0.25) is 0 Å². The van der Waals surface area contributed by atoms with Gasteiger partial charge in [-0.1, -0.05) is 63.6 Å². The van der Waals surface area contributed by atoms with Gasteiger partial charge in [0.15, 0.2) is 0 Å². The number of aryl methyl sites for hydroxylation is 2. The van der Waals surface area contributed by atoms with Crippen molar-refractivity contribution in [3.05, 3.63) is 96.0 Å². The molecule has 0 bridgehead atoms. The van der Waals surface area contributed by atoms with E-state index in [0.29, 0.717) is 5.57 Å². The molecule has 4 rings (SSSR count). The van der Waals surface area contributed by atoms with Crippen molar-refractivity contribution in [2.75, 3.05) is 16.1 Å². The standard InChI is InChI=1S/C20H22N4O.C8H11N/c1-3-7-19-17(14-22-18-9-6-5-8-15(18)4-2)20(25)24(23-19)16-10-12-21-13-11-16;1-2-7-5-3-4-6-8(7)9/h5-6,8-14,22H,3-4,7H2,1-2H3;3-6H,2,9H2,1H3. The molecule has 1 aliphatic heterocycles. The lowest BCUT2D eigenvalue weighted by Gasteiger charge is -2.11. The number of nitrogens with one attached hydrogen (secondary N) is 1. The Kier molecular flexibility index (Phi) is 8.97. The summed E-state index contributed by atoms with van der Waals surface area (Å²) in [5.74, 6) is -0.115. The molecule has 6 nitrogen and oxygen atoms in total. The Morgan fingerprint density at radius 1 is 0.912 bits per heavy atom. The lowest BCUT2D eigenvalue weighted by molar-refractivity contribution is -0.114. The highest BCUT2D eigenvalue weighted by atomic mass is 16.2. The zero-order valence-corrected chi connectivity index (χ0v) is 20.2. The van der Waals surface area contributed by atoms with Gasteiger partial charge in [0.2, 0.25) is 0 Å². The van der Waals surface area contributed by atoms with Crippen molar-refractivity contribution in [2.45, 2.75) is 46.5 Å². The summed E-state index contributed by atoms with van der Waals surface area (Å²) < 4.78 is 0. The van der Waals surface area contributed by atoms with Crippen LogP contribution < -0.4 is 16.1 Å². The Morgan fingerprint density at radius 3 is 2.18 bits per heavy atom. The number of carbonyl (C=O) groups excluding carboxylic acids is 1. The van der Waals surface area contributed by atoms with E-state index in [4.69, 9.17) is 5.73 Å². The van der Waals surface area contributed by atoms with Crippen LogP contribution in [0.5, 0.6) is 0 Å². The van der Waals surface area contributed by atoms with E-state index in [-0.39, 0.29) is 5.91 Å². The number of pyridine rings is 1. The number of benzene rings is 2. The Morgan fingerprint density at radius 2 is 1.56 bits per heavy atom. The first-order valence-electron chi connectivity index (χ1n) is 11.8. The third-order valence-corrected chi connectivity index (χ3v) is 5.55. The zero-order valence-electron chi connectivity index (χ0n) is 20.2. The average Bonchev–Trinajstić information content (AvgIpc) is 3.19. The quantitative estimate of drug-likeness (QED) is 0.339. The van der Waals surface area contributed by atoms with E-state index in [1.165, 1.54) is 16.1 Å². The van der Waals surface area contributed by atoms with Crippen LogP contribution in [-0.4, -0.2) is 16.6 Å². The second kappa shape index (κ2) is 12.3. The number of carbonyl (C=O) groups is 1. The minimum absolute atomic E-state index is 0.115. The molecule has 0 saturated heterocycles. The summed E-state index contributed by atoms with van der Waals surface area (Å²) in [6.07, 6.45) is 8.75. The number of aromatic nitrogens is 1. The second-order valence-electron chi connectivity index (χ2n) is 7.88. The average molecular weight is 456 g/mol. The molecular weight excluding hydrogens is 422 g/mol. The van der Waals surface area contributed by atoms with Crippen LogP contribution in [0.15, 0.2) is 89.9 Å². The number of amides is 1. The molecule has 0 saturated carbocycles. The van der Waals surface area contributed by atoms with Crippen molar-refractivity contribution in [3.8, 4) is 0 Å². The van der Waals surface area contributed by atoms with Crippen molar-refractivity contribution in [1.29, 1.82) is 0 Å². The van der Waals surface area contributed by atoms with Gasteiger partial charge in [-0.05, 0) is 54.7 Å². The monoisotopic (exact) mass is 455 g/mol. The van der Waals surface area contributed by atoms with Crippen molar-refractivity contribution < 1.29 is 4.79 Å². The molecule has 0 spiro atoms. The normalized spacial score (nSPS) is 14.0. The Labute approximate surface area is 202 Å². The first kappa shape index (κ1) is 24.7. The van der Waals surface area contributed by atoms with E-state index in [2.05, 4.69) is 48.3 Å². The Balaban J connectivity index is 0.000000302. The number of hydrogen-bond acceptors (Lipinski definition) is 5. The van der Waals surface area contributed by atoms with Gasteiger partial charge in [0.25, 0.3) is 5.91 Å². The van der Waals surface area contributed by atoms with Crippen molar-refractivity contribution >= 4 is 28.7 Å². The fourth-order valence-electron chi connectivity index (χ4n) is 3.66. The molecule has 176 valence electrons. The van der Waals surface area contributed by atoms with E-state index in [1.54, 1.807) is 30.7 Å². The van der Waals surface area contributed by atoms with Crippen molar-refractivity contribution in [2.24, 2.45) is 5.10 Å². The molecule has 2 heterocycles. The summed E-state index contributed by atoms with van der Waals surface area (Å²) in [6.45, 7) is 6.30. The maximum absolute atomic E-state index is 12.8. The van der Waals surface area contributed by atoms with E-state index in [1.807, 2.05) is 36.4 Å². The number of nitrogens with zero attached hydrogens (tertiary/aromatic N) is 3. The maximum atomic E-state index is 12.8. The summed E-state index contributed by atoms with van der Waals surface area (Å²) in [5, 5.41) is 9.27. The molecule has 34 heavy (non-hydrogen) atoms. The van der Waals surface area contributed by atoms with E-state index in [0.717, 1.165) is 48.5 Å². The SMILES string of the molecule is CCCC1=NN(c2ccncc2)C(=O)C1=CNc1ccccc1CC.CCc1ccccc1N. The van der Waals surface area contributed by atoms with Gasteiger partial charge in [-0.15, -0.1) is 0 Å². The number of hydrazone groups is 1. The van der Waals surface area contributed by atoms with Crippen molar-refractivity contribution in [3.63, 3.8) is 0 Å². The smallest absolute Gasteiger partial charge is 0.282 e. The van der Waals surface area contributed by atoms with Crippen molar-refractivity contribution in [1.82, 2.24) is 4.98 Å². The molecule has 0 fully saturated rings. The summed E-state index contributed by atoms with van der Waals surface area (Å²) in [5.41, 5.74) is 12.2. The van der Waals surface area contributed by atoms with E-state index in [9.17, 15) is 4.79 Å². The minimum Gasteiger partial charge on any atom is -0.399 e. The Bertz CT molecular complexity index is 1150. The van der Waals surface area contributed by atoms with Crippen LogP contribution in [0, 0.1) is 0 Å². The summed E-state index contributed by atoms with van der Waals surface area (Å²) in [4.78, 5) is 16.8. The first-order chi connectivity index (χ1) is 16.6. The third-order valence-electron chi connectivity index (χ3n) is 5.55. The van der Waals surface area contributed by atoms with E-state index >= 15 is 0 Å². The molecule has 0 unspecified atom stereocenters. The lowest BCUT2D eigenvalue weighted by atomic mass is 10.1. The van der Waals surface area contributed by atoms with Crippen LogP contribution >= 0.6 is 0 Å². The van der Waals surface area contributed by atoms with E-state index < -0.39 is 0 Å². The number of para-hydroxylation sites is 2. The van der Waals surface area contributed by atoms with Gasteiger partial charge in [-0.3, -0.25) is 9.78 Å².